The first-order chi connectivity index (χ1) is 22.4. The molecule has 1 saturated heterocycles. The summed E-state index contributed by atoms with van der Waals surface area (Å²) in [7, 11) is -1.35. The number of amides is 4. The molecular formula is C33H40BFN4O8. The Morgan fingerprint density at radius 2 is 1.77 bits per heavy atom. The van der Waals surface area contributed by atoms with Gasteiger partial charge in [0.15, 0.2) is 0 Å². The van der Waals surface area contributed by atoms with Crippen LogP contribution in [-0.4, -0.2) is 76.8 Å². The van der Waals surface area contributed by atoms with Gasteiger partial charge in [0.1, 0.15) is 41.8 Å². The Labute approximate surface area is 273 Å². The molecule has 4 amide bonds. The highest BCUT2D eigenvalue weighted by molar-refractivity contribution is 6.47. The van der Waals surface area contributed by atoms with E-state index in [4.69, 9.17) is 14.1 Å². The fraction of sp³-hybridized carbons (Fsp3) is 0.515. The summed E-state index contributed by atoms with van der Waals surface area (Å²) in [5.41, 5.74) is 0.910. The average Bonchev–Trinajstić information content (AvgIpc) is 3.82. The molecule has 3 N–H and O–H groups in total. The van der Waals surface area contributed by atoms with Crippen LogP contribution in [0.25, 0.3) is 0 Å². The summed E-state index contributed by atoms with van der Waals surface area (Å²) in [6.07, 6.45) is 0.923. The summed E-state index contributed by atoms with van der Waals surface area (Å²) in [6, 6.07) is 9.40. The third-order valence-corrected chi connectivity index (χ3v) is 9.34. The lowest BCUT2D eigenvalue weighted by molar-refractivity contribution is -0.142. The third-order valence-electron chi connectivity index (χ3n) is 9.34. The van der Waals surface area contributed by atoms with Crippen LogP contribution in [0.2, 0.25) is 0 Å². The Kier molecular flexibility index (Phi) is 9.06. The quantitative estimate of drug-likeness (QED) is 0.402. The second kappa shape index (κ2) is 13.1. The van der Waals surface area contributed by atoms with Gasteiger partial charge in [0.2, 0.25) is 11.8 Å². The summed E-state index contributed by atoms with van der Waals surface area (Å²) in [5.74, 6) is -2.00. The van der Waals surface area contributed by atoms with E-state index in [1.807, 2.05) is 0 Å². The highest BCUT2D eigenvalue weighted by atomic mass is 19.1. The molecule has 0 spiro atoms. The molecule has 6 rings (SSSR count). The number of hydrogen-bond donors (Lipinski definition) is 3. The van der Waals surface area contributed by atoms with Gasteiger partial charge in [-0.3, -0.25) is 14.5 Å². The molecule has 0 bridgehead atoms. The van der Waals surface area contributed by atoms with Gasteiger partial charge < -0.3 is 34.7 Å². The van der Waals surface area contributed by atoms with Crippen LogP contribution in [0.5, 0.6) is 5.75 Å². The van der Waals surface area contributed by atoms with E-state index in [-0.39, 0.29) is 32.2 Å². The molecular weight excluding hydrogens is 610 g/mol. The van der Waals surface area contributed by atoms with Gasteiger partial charge in [-0.2, -0.15) is 0 Å². The summed E-state index contributed by atoms with van der Waals surface area (Å²) in [6.45, 7) is 5.47. The molecule has 47 heavy (non-hydrogen) atoms. The van der Waals surface area contributed by atoms with E-state index >= 15 is 0 Å². The van der Waals surface area contributed by atoms with E-state index in [0.29, 0.717) is 22.4 Å². The van der Waals surface area contributed by atoms with Gasteiger partial charge in [-0.15, -0.1) is 0 Å². The molecule has 4 aliphatic rings. The van der Waals surface area contributed by atoms with Crippen molar-refractivity contribution in [3.63, 3.8) is 0 Å². The fourth-order valence-electron chi connectivity index (χ4n) is 6.82. The number of benzene rings is 2. The predicted octanol–water partition coefficient (Wildman–Crippen LogP) is 3.60. The SMILES string of the molecule is CC(C)(C)[C@H](NC(=O)OC1CCCC1)C(=O)N1C[C@H](OC(=O)N2Cc3cccc(F)c3C2)C[C@H]1C(=O)NC1B(O)Oc2ccccc21. The highest BCUT2D eigenvalue weighted by Crippen LogP contribution is 2.35. The van der Waals surface area contributed by atoms with Crippen LogP contribution >= 0.6 is 0 Å². The zero-order chi connectivity index (χ0) is 33.5. The van der Waals surface area contributed by atoms with Gasteiger partial charge in [-0.1, -0.05) is 51.1 Å². The van der Waals surface area contributed by atoms with Gasteiger partial charge in [-0.25, -0.2) is 14.0 Å². The van der Waals surface area contributed by atoms with E-state index in [9.17, 15) is 28.6 Å². The van der Waals surface area contributed by atoms with E-state index in [1.54, 1.807) is 57.2 Å². The minimum Gasteiger partial charge on any atom is -0.534 e. The Morgan fingerprint density at radius 1 is 1.02 bits per heavy atom. The number of halogens is 1. The van der Waals surface area contributed by atoms with Crippen LogP contribution in [0.15, 0.2) is 42.5 Å². The number of hydrogen-bond acceptors (Lipinski definition) is 8. The molecule has 0 radical (unpaired) electrons. The smallest absolute Gasteiger partial charge is 0.534 e. The van der Waals surface area contributed by atoms with E-state index in [2.05, 4.69) is 10.6 Å². The lowest BCUT2D eigenvalue weighted by Crippen LogP contribution is -2.58. The standard InChI is InChI=1S/C33H40BFN4O8/c1-33(2,3)27(36-31(42)45-20-10-4-5-11-20)30(41)39-17-21(46-32(43)38-16-19-9-8-13-24(35)23(19)18-38)15-25(39)29(40)37-28-22-12-6-7-14-26(22)47-34(28)44/h6-9,12-14,20-21,25,27-28,44H,4-5,10-11,15-18H2,1-3H3,(H,36,42)(H,37,40)/t21-,25+,27-,28?/m1/s1. The van der Waals surface area contributed by atoms with Crippen LogP contribution in [-0.2, 0) is 32.2 Å². The maximum atomic E-state index is 14.3. The highest BCUT2D eigenvalue weighted by Gasteiger charge is 2.49. The van der Waals surface area contributed by atoms with E-state index < -0.39 is 66.5 Å². The van der Waals surface area contributed by atoms with Gasteiger partial charge >= 0.3 is 19.3 Å². The van der Waals surface area contributed by atoms with Crippen LogP contribution < -0.4 is 15.3 Å². The molecule has 2 aromatic carbocycles. The number of ether oxygens (including phenoxy) is 2. The topological polar surface area (TPSA) is 147 Å². The molecule has 2 aromatic rings. The first-order valence-corrected chi connectivity index (χ1v) is 16.1. The first kappa shape index (κ1) is 32.6. The van der Waals surface area contributed by atoms with E-state index in [0.717, 1.165) is 25.7 Å². The van der Waals surface area contributed by atoms with Crippen molar-refractivity contribution in [1.82, 2.24) is 20.4 Å². The molecule has 1 aliphatic carbocycles. The lowest BCUT2D eigenvalue weighted by Gasteiger charge is -2.35. The monoisotopic (exact) mass is 650 g/mol. The Morgan fingerprint density at radius 3 is 2.49 bits per heavy atom. The van der Waals surface area contributed by atoms with Crippen molar-refractivity contribution >= 4 is 31.1 Å². The van der Waals surface area contributed by atoms with Crippen LogP contribution in [0.1, 0.15) is 75.5 Å². The van der Waals surface area contributed by atoms with Crippen molar-refractivity contribution in [2.24, 2.45) is 5.41 Å². The fourth-order valence-corrected chi connectivity index (χ4v) is 6.82. The van der Waals surface area contributed by atoms with Crippen LogP contribution in [0.4, 0.5) is 14.0 Å². The van der Waals surface area contributed by atoms with Crippen molar-refractivity contribution in [3.8, 4) is 5.75 Å². The van der Waals surface area contributed by atoms with Crippen molar-refractivity contribution in [3.05, 3.63) is 65.0 Å². The number of alkyl carbamates (subject to hydrolysis) is 1. The lowest BCUT2D eigenvalue weighted by atomic mass is 9.77. The van der Waals surface area contributed by atoms with E-state index in [1.165, 1.54) is 15.9 Å². The molecule has 12 nitrogen and oxygen atoms in total. The summed E-state index contributed by atoms with van der Waals surface area (Å²) in [4.78, 5) is 57.0. The first-order valence-electron chi connectivity index (χ1n) is 16.1. The van der Waals surface area contributed by atoms with Crippen LogP contribution in [0, 0.1) is 11.2 Å². The van der Waals surface area contributed by atoms with Gasteiger partial charge in [-0.05, 0) is 48.8 Å². The van der Waals surface area contributed by atoms with Gasteiger partial charge in [0.25, 0.3) is 0 Å². The summed E-state index contributed by atoms with van der Waals surface area (Å²) >= 11 is 0. The number of nitrogens with one attached hydrogen (secondary N) is 2. The zero-order valence-corrected chi connectivity index (χ0v) is 26.7. The minimum absolute atomic E-state index is 0.0346. The molecule has 14 heteroatoms. The Hall–Kier alpha value is -4.33. The normalized spacial score (nSPS) is 22.7. The molecule has 0 aromatic heterocycles. The van der Waals surface area contributed by atoms with Crippen molar-refractivity contribution in [2.75, 3.05) is 6.54 Å². The predicted molar refractivity (Wildman–Crippen MR) is 167 cm³/mol. The summed E-state index contributed by atoms with van der Waals surface area (Å²) in [5, 5.41) is 16.1. The molecule has 3 aliphatic heterocycles. The van der Waals surface area contributed by atoms with Crippen molar-refractivity contribution in [1.29, 1.82) is 0 Å². The van der Waals surface area contributed by atoms with Crippen molar-refractivity contribution in [2.45, 2.75) is 96.2 Å². The number of carbonyl (C=O) groups excluding carboxylic acids is 4. The minimum atomic E-state index is -1.35. The number of fused-ring (bicyclic) bond motifs is 2. The Bertz CT molecular complexity index is 1550. The second-order valence-corrected chi connectivity index (χ2v) is 13.8. The molecule has 250 valence electrons. The molecule has 2 fully saturated rings. The number of carbonyl (C=O) groups is 4. The van der Waals surface area contributed by atoms with Crippen LogP contribution in [0.3, 0.4) is 0 Å². The average molecular weight is 651 g/mol. The maximum absolute atomic E-state index is 14.3. The molecule has 1 saturated carbocycles. The molecule has 1 unspecified atom stereocenters. The molecule has 4 atom stereocenters. The number of likely N-dealkylation sites (tertiary alicyclic amines) is 1. The van der Waals surface area contributed by atoms with Gasteiger partial charge in [0.05, 0.1) is 13.1 Å². The number of para-hydroxylation sites is 1. The Balaban J connectivity index is 1.20. The van der Waals surface area contributed by atoms with Gasteiger partial charge in [0, 0.05) is 24.1 Å². The maximum Gasteiger partial charge on any atom is 0.551 e. The largest absolute Gasteiger partial charge is 0.551 e. The molecule has 3 heterocycles. The number of nitrogens with zero attached hydrogens (tertiary/aromatic N) is 2. The second-order valence-electron chi connectivity index (χ2n) is 13.8. The van der Waals surface area contributed by atoms with Crippen molar-refractivity contribution < 1.29 is 42.7 Å². The summed E-state index contributed by atoms with van der Waals surface area (Å²) < 4.78 is 31.2. The number of rotatable bonds is 6. The zero-order valence-electron chi connectivity index (χ0n) is 26.7. The third kappa shape index (κ3) is 6.88.